The number of ketones is 2. The van der Waals surface area contributed by atoms with Gasteiger partial charge in [0.1, 0.15) is 11.6 Å². The first-order chi connectivity index (χ1) is 11.5. The van der Waals surface area contributed by atoms with Gasteiger partial charge in [-0.1, -0.05) is 24.6 Å². The van der Waals surface area contributed by atoms with Crippen LogP contribution in [-0.4, -0.2) is 11.6 Å². The van der Waals surface area contributed by atoms with Gasteiger partial charge in [-0.25, -0.2) is 0 Å². The van der Waals surface area contributed by atoms with Crippen LogP contribution in [0.3, 0.4) is 0 Å². The summed E-state index contributed by atoms with van der Waals surface area (Å²) in [5.41, 5.74) is 1.87. The molecule has 0 amide bonds. The maximum Gasteiger partial charge on any atom is 0.139 e. The van der Waals surface area contributed by atoms with Gasteiger partial charge < -0.3 is 0 Å². The molecule has 4 aliphatic carbocycles. The lowest BCUT2D eigenvalue weighted by atomic mass is 9.44. The molecular weight excluding hydrogens is 320 g/mol. The largest absolute Gasteiger partial charge is 0.300 e. The average Bonchev–Trinajstić information content (AvgIpc) is 2.88. The minimum absolute atomic E-state index is 0.0536. The second-order valence-corrected chi connectivity index (χ2v) is 9.36. The molecule has 0 spiro atoms. The number of carbonyl (C=O) groups is 2. The van der Waals surface area contributed by atoms with Gasteiger partial charge >= 0.3 is 0 Å². The van der Waals surface area contributed by atoms with Gasteiger partial charge in [-0.15, -0.1) is 0 Å². The highest BCUT2D eigenvalue weighted by Gasteiger charge is 2.61. The van der Waals surface area contributed by atoms with Crippen LogP contribution in [0.4, 0.5) is 0 Å². The highest BCUT2D eigenvalue weighted by atomic mass is 35.5. The summed E-state index contributed by atoms with van der Waals surface area (Å²) in [7, 11) is 0. The van der Waals surface area contributed by atoms with Crippen LogP contribution >= 0.6 is 11.6 Å². The van der Waals surface area contributed by atoms with Crippen LogP contribution < -0.4 is 0 Å². The zero-order valence-corrected chi connectivity index (χ0v) is 15.5. The Balaban J connectivity index is 1.68. The van der Waals surface area contributed by atoms with E-state index in [-0.39, 0.29) is 10.8 Å². The summed E-state index contributed by atoms with van der Waals surface area (Å²) in [6.45, 7) is 2.24. The molecule has 0 radical (unpaired) electrons. The molecule has 6 atom stereocenters. The minimum atomic E-state index is -0.0536. The first kappa shape index (κ1) is 16.8. The van der Waals surface area contributed by atoms with Crippen LogP contribution in [-0.2, 0) is 9.59 Å². The Morgan fingerprint density at radius 1 is 1.08 bits per heavy atom. The molecule has 0 heterocycles. The lowest BCUT2D eigenvalue weighted by molar-refractivity contribution is -0.146. The monoisotopic (exact) mass is 348 g/mol. The van der Waals surface area contributed by atoms with Gasteiger partial charge in [-0.05, 0) is 74.0 Å². The Kier molecular flexibility index (Phi) is 4.18. The summed E-state index contributed by atoms with van der Waals surface area (Å²) in [6.07, 6.45) is 12.2. The van der Waals surface area contributed by atoms with Crippen molar-refractivity contribution in [1.82, 2.24) is 0 Å². The molecule has 0 bridgehead atoms. The Morgan fingerprint density at radius 3 is 2.71 bits per heavy atom. The second kappa shape index (κ2) is 5.97. The normalized spacial score (nSPS) is 48.2. The van der Waals surface area contributed by atoms with Gasteiger partial charge in [-0.3, -0.25) is 9.59 Å². The summed E-state index contributed by atoms with van der Waals surface area (Å²) >= 11 is 5.89. The van der Waals surface area contributed by atoms with Crippen molar-refractivity contribution in [3.05, 3.63) is 11.6 Å². The van der Waals surface area contributed by atoms with Crippen LogP contribution in [0.15, 0.2) is 11.6 Å². The van der Waals surface area contributed by atoms with E-state index in [4.69, 9.17) is 11.6 Å². The van der Waals surface area contributed by atoms with E-state index >= 15 is 0 Å². The van der Waals surface area contributed by atoms with Crippen LogP contribution in [0.5, 0.6) is 0 Å². The Hall–Kier alpha value is -0.630. The predicted octanol–water partition coefficient (Wildman–Crippen LogP) is 5.29. The fourth-order valence-electron chi connectivity index (χ4n) is 7.29. The van der Waals surface area contributed by atoms with E-state index in [1.54, 1.807) is 5.54 Å². The maximum atomic E-state index is 12.5. The number of halogens is 1. The average molecular weight is 349 g/mol. The summed E-state index contributed by atoms with van der Waals surface area (Å²) < 4.78 is 0. The molecule has 0 aliphatic heterocycles. The maximum absolute atomic E-state index is 12.5. The van der Waals surface area contributed by atoms with Crippen molar-refractivity contribution in [2.24, 2.45) is 34.5 Å². The van der Waals surface area contributed by atoms with Gasteiger partial charge in [-0.2, -0.15) is 0 Å². The smallest absolute Gasteiger partial charge is 0.139 e. The molecule has 0 N–H and O–H groups in total. The van der Waals surface area contributed by atoms with E-state index in [2.05, 4.69) is 13.0 Å². The molecule has 0 aromatic rings. The fraction of sp³-hybridized carbons (Fsp3) is 0.810. The third-order valence-electron chi connectivity index (χ3n) is 8.48. The zero-order valence-electron chi connectivity index (χ0n) is 14.7. The summed E-state index contributed by atoms with van der Waals surface area (Å²) in [5, 5.41) is 0. The number of hydrogen-bond donors (Lipinski definition) is 0. The van der Waals surface area contributed by atoms with Crippen LogP contribution in [0.25, 0.3) is 0 Å². The molecule has 0 saturated heterocycles. The van der Waals surface area contributed by atoms with Crippen molar-refractivity contribution in [2.75, 3.05) is 0 Å². The number of carbonyl (C=O) groups excluding carboxylic acids is 2. The zero-order chi connectivity index (χ0) is 16.9. The molecular formula is C21H29ClO2. The fourth-order valence-corrected chi connectivity index (χ4v) is 7.38. The number of rotatable bonds is 2. The van der Waals surface area contributed by atoms with Gasteiger partial charge in [0.2, 0.25) is 0 Å². The van der Waals surface area contributed by atoms with Crippen LogP contribution in [0.1, 0.15) is 71.1 Å². The molecule has 1 unspecified atom stereocenters. The standard InChI is InChI=1S/C21H29ClO2/c1-20-10-8-18-16(17(20)5-6-19(20)24)4-3-14-13-15(23)7-11-21(14,18)9-2-12-22/h2,12,14,16-18H,3-11,13H2,1H3/t14-,16-,17-,18-,20-,21?/m0/s1. The third kappa shape index (κ3) is 2.28. The molecule has 3 heteroatoms. The van der Waals surface area contributed by atoms with Crippen molar-refractivity contribution in [3.63, 3.8) is 0 Å². The van der Waals surface area contributed by atoms with Gasteiger partial charge in [0, 0.05) is 30.2 Å². The SMILES string of the molecule is C[C@]12CC[C@H]3[C@@H](CC[C@H]4CC(=O)CCC43CC=CCl)[C@@H]1CCC2=O. The molecule has 2 nitrogen and oxygen atoms in total. The topological polar surface area (TPSA) is 34.1 Å². The Labute approximate surface area is 150 Å². The molecule has 0 aromatic carbocycles. The molecule has 4 fully saturated rings. The van der Waals surface area contributed by atoms with Crippen molar-refractivity contribution in [3.8, 4) is 0 Å². The van der Waals surface area contributed by atoms with Crippen molar-refractivity contribution in [2.45, 2.75) is 71.1 Å². The first-order valence-corrected chi connectivity index (χ1v) is 10.2. The van der Waals surface area contributed by atoms with Crippen LogP contribution in [0, 0.1) is 34.5 Å². The first-order valence-electron chi connectivity index (χ1n) is 9.81. The lowest BCUT2D eigenvalue weighted by Crippen LogP contribution is -2.54. The number of fused-ring (bicyclic) bond motifs is 5. The van der Waals surface area contributed by atoms with E-state index in [0.29, 0.717) is 35.2 Å². The highest BCUT2D eigenvalue weighted by Crippen LogP contribution is 2.66. The number of Topliss-reactive ketones (excluding diaryl/α,β-unsaturated/α-hetero) is 2. The van der Waals surface area contributed by atoms with Crippen molar-refractivity contribution < 1.29 is 9.59 Å². The summed E-state index contributed by atoms with van der Waals surface area (Å²) in [4.78, 5) is 24.6. The molecule has 24 heavy (non-hydrogen) atoms. The van der Waals surface area contributed by atoms with E-state index in [1.807, 2.05) is 0 Å². The second-order valence-electron chi connectivity index (χ2n) is 9.11. The van der Waals surface area contributed by atoms with Crippen molar-refractivity contribution in [1.29, 1.82) is 0 Å². The van der Waals surface area contributed by atoms with Crippen molar-refractivity contribution >= 4 is 23.2 Å². The van der Waals surface area contributed by atoms with Crippen LogP contribution in [0.2, 0.25) is 0 Å². The molecule has 132 valence electrons. The molecule has 4 rings (SSSR count). The quantitative estimate of drug-likeness (QED) is 0.679. The molecule has 0 aromatic heterocycles. The van der Waals surface area contributed by atoms with Gasteiger partial charge in [0.25, 0.3) is 0 Å². The lowest BCUT2D eigenvalue weighted by Gasteiger charge is -2.60. The summed E-state index contributed by atoms with van der Waals surface area (Å²) in [5.74, 6) is 3.46. The van der Waals surface area contributed by atoms with E-state index in [1.165, 1.54) is 19.3 Å². The number of allylic oxidation sites excluding steroid dienone is 1. The molecule has 4 saturated carbocycles. The van der Waals surface area contributed by atoms with Gasteiger partial charge in [0.15, 0.2) is 0 Å². The third-order valence-corrected chi connectivity index (χ3v) is 8.65. The molecule has 4 aliphatic rings. The Bertz CT molecular complexity index is 582. The number of hydrogen-bond acceptors (Lipinski definition) is 2. The Morgan fingerprint density at radius 2 is 1.92 bits per heavy atom. The van der Waals surface area contributed by atoms with Gasteiger partial charge in [0.05, 0.1) is 0 Å². The highest BCUT2D eigenvalue weighted by molar-refractivity contribution is 6.25. The minimum Gasteiger partial charge on any atom is -0.300 e. The predicted molar refractivity (Wildman–Crippen MR) is 95.7 cm³/mol. The van der Waals surface area contributed by atoms with E-state index in [0.717, 1.165) is 44.9 Å². The summed E-state index contributed by atoms with van der Waals surface area (Å²) in [6, 6.07) is 0. The van der Waals surface area contributed by atoms with E-state index < -0.39 is 0 Å². The van der Waals surface area contributed by atoms with E-state index in [9.17, 15) is 9.59 Å².